The van der Waals surface area contributed by atoms with Crippen LogP contribution in [0.15, 0.2) is 84.0 Å². The number of para-hydroxylation sites is 1. The first-order valence-electron chi connectivity index (χ1n) is 12.1. The number of nitrogens with zero attached hydrogens (tertiary/aromatic N) is 2. The maximum absolute atomic E-state index is 13.4. The summed E-state index contributed by atoms with van der Waals surface area (Å²) in [4.78, 5) is 27.4. The zero-order valence-corrected chi connectivity index (χ0v) is 22.3. The van der Waals surface area contributed by atoms with Crippen LogP contribution in [0, 0.1) is 6.92 Å². The molecular formula is C28H26N4O4S2. The second-order valence-corrected chi connectivity index (χ2v) is 12.3. The SMILES string of the molecule is Cc1ccc(C(=O)N/C(=C/c2cn(-c3ccccc3)nc2-c2cccs2)C(=O)N[C@H]2CCS(=O)(=O)C2)cc1. The minimum atomic E-state index is -3.19. The number of hydrogen-bond acceptors (Lipinski definition) is 6. The molecule has 38 heavy (non-hydrogen) atoms. The van der Waals surface area contributed by atoms with E-state index in [1.54, 1.807) is 29.1 Å². The van der Waals surface area contributed by atoms with Crippen LogP contribution in [0.2, 0.25) is 0 Å². The molecule has 3 heterocycles. The first kappa shape index (κ1) is 25.6. The molecule has 10 heteroatoms. The van der Waals surface area contributed by atoms with Crippen molar-refractivity contribution in [3.63, 3.8) is 0 Å². The molecule has 1 saturated heterocycles. The number of nitrogens with one attached hydrogen (secondary N) is 2. The Morgan fingerprint density at radius 1 is 1.05 bits per heavy atom. The summed E-state index contributed by atoms with van der Waals surface area (Å²) in [5.41, 5.74) is 3.54. The van der Waals surface area contributed by atoms with Gasteiger partial charge in [0.2, 0.25) is 0 Å². The van der Waals surface area contributed by atoms with E-state index in [1.165, 1.54) is 11.3 Å². The number of hydrogen-bond donors (Lipinski definition) is 2. The minimum Gasteiger partial charge on any atom is -0.347 e. The fourth-order valence-electron chi connectivity index (χ4n) is 4.20. The largest absolute Gasteiger partial charge is 0.347 e. The van der Waals surface area contributed by atoms with Crippen LogP contribution in [0.5, 0.6) is 0 Å². The number of benzene rings is 2. The van der Waals surface area contributed by atoms with Crippen LogP contribution in [0.4, 0.5) is 0 Å². The van der Waals surface area contributed by atoms with E-state index >= 15 is 0 Å². The van der Waals surface area contributed by atoms with Crippen molar-refractivity contribution in [3.05, 3.63) is 101 Å². The van der Waals surface area contributed by atoms with Crippen molar-refractivity contribution < 1.29 is 18.0 Å². The van der Waals surface area contributed by atoms with Crippen molar-refractivity contribution in [1.29, 1.82) is 0 Å². The molecule has 2 aromatic carbocycles. The van der Waals surface area contributed by atoms with Crippen LogP contribution >= 0.6 is 11.3 Å². The van der Waals surface area contributed by atoms with Crippen molar-refractivity contribution >= 4 is 39.1 Å². The van der Waals surface area contributed by atoms with Crippen molar-refractivity contribution in [2.45, 2.75) is 19.4 Å². The maximum Gasteiger partial charge on any atom is 0.268 e. The van der Waals surface area contributed by atoms with E-state index in [4.69, 9.17) is 5.10 Å². The number of aromatic nitrogens is 2. The molecule has 0 aliphatic carbocycles. The highest BCUT2D eigenvalue weighted by atomic mass is 32.2. The Kier molecular flexibility index (Phi) is 7.26. The molecule has 1 fully saturated rings. The van der Waals surface area contributed by atoms with E-state index in [0.717, 1.165) is 16.1 Å². The Bertz CT molecular complexity index is 1590. The van der Waals surface area contributed by atoms with Gasteiger partial charge in [-0.15, -0.1) is 11.3 Å². The van der Waals surface area contributed by atoms with Crippen molar-refractivity contribution in [1.82, 2.24) is 20.4 Å². The highest BCUT2D eigenvalue weighted by Gasteiger charge is 2.30. The molecule has 1 atom stereocenters. The second-order valence-electron chi connectivity index (χ2n) is 9.14. The van der Waals surface area contributed by atoms with Gasteiger partial charge in [-0.3, -0.25) is 9.59 Å². The van der Waals surface area contributed by atoms with E-state index in [9.17, 15) is 18.0 Å². The zero-order chi connectivity index (χ0) is 26.7. The lowest BCUT2D eigenvalue weighted by Gasteiger charge is -2.14. The summed E-state index contributed by atoms with van der Waals surface area (Å²) in [6.45, 7) is 1.92. The predicted octanol–water partition coefficient (Wildman–Crippen LogP) is 3.98. The molecule has 1 aliphatic rings. The molecule has 5 rings (SSSR count). The van der Waals surface area contributed by atoms with E-state index < -0.39 is 27.7 Å². The molecule has 1 aliphatic heterocycles. The lowest BCUT2D eigenvalue weighted by molar-refractivity contribution is -0.118. The number of sulfone groups is 1. The lowest BCUT2D eigenvalue weighted by Crippen LogP contribution is -2.41. The normalized spacial score (nSPS) is 16.8. The standard InChI is InChI=1S/C28H26N4O4S2/c1-19-9-11-20(12-10-19)27(33)30-24(28(34)29-22-13-15-38(35,36)18-22)16-21-17-32(23-6-3-2-4-7-23)31-26(21)25-8-5-14-37-25/h2-12,14,16-17,22H,13,15,18H2,1H3,(H,29,34)(H,30,33)/b24-16+/t22-/m0/s1. The number of amides is 2. The van der Waals surface area contributed by atoms with Gasteiger partial charge < -0.3 is 10.6 Å². The summed E-state index contributed by atoms with van der Waals surface area (Å²) in [5.74, 6) is -1.10. The first-order chi connectivity index (χ1) is 18.3. The van der Waals surface area contributed by atoms with Crippen LogP contribution in [0.1, 0.15) is 27.9 Å². The molecule has 2 aromatic heterocycles. The third kappa shape index (κ3) is 5.92. The quantitative estimate of drug-likeness (QED) is 0.341. The van der Waals surface area contributed by atoms with E-state index in [0.29, 0.717) is 23.2 Å². The predicted molar refractivity (Wildman–Crippen MR) is 149 cm³/mol. The molecular weight excluding hydrogens is 520 g/mol. The molecule has 0 spiro atoms. The summed E-state index contributed by atoms with van der Waals surface area (Å²) in [6.07, 6.45) is 3.72. The van der Waals surface area contributed by atoms with Crippen LogP contribution in [0.3, 0.4) is 0 Å². The molecule has 8 nitrogen and oxygen atoms in total. The molecule has 0 radical (unpaired) electrons. The molecule has 0 saturated carbocycles. The third-order valence-electron chi connectivity index (χ3n) is 6.19. The topological polar surface area (TPSA) is 110 Å². The molecule has 2 N–H and O–H groups in total. The highest BCUT2D eigenvalue weighted by molar-refractivity contribution is 7.91. The fourth-order valence-corrected chi connectivity index (χ4v) is 6.60. The van der Waals surface area contributed by atoms with E-state index in [-0.39, 0.29) is 17.2 Å². The van der Waals surface area contributed by atoms with Gasteiger partial charge in [0.1, 0.15) is 11.4 Å². The number of thiophene rings is 1. The Hall–Kier alpha value is -4.02. The van der Waals surface area contributed by atoms with Gasteiger partial charge in [-0.05, 0) is 55.1 Å². The molecule has 0 unspecified atom stereocenters. The van der Waals surface area contributed by atoms with Gasteiger partial charge in [0.25, 0.3) is 11.8 Å². The lowest BCUT2D eigenvalue weighted by atomic mass is 10.1. The van der Waals surface area contributed by atoms with Crippen molar-refractivity contribution in [3.8, 4) is 16.3 Å². The summed E-state index contributed by atoms with van der Waals surface area (Å²) in [6, 6.07) is 19.9. The third-order valence-corrected chi connectivity index (χ3v) is 8.84. The van der Waals surface area contributed by atoms with Gasteiger partial charge in [-0.2, -0.15) is 5.10 Å². The van der Waals surface area contributed by atoms with E-state index in [2.05, 4.69) is 10.6 Å². The average Bonchev–Trinajstić information content (AvgIpc) is 3.64. The Balaban J connectivity index is 1.53. The van der Waals surface area contributed by atoms with Crippen LogP contribution in [-0.2, 0) is 14.6 Å². The minimum absolute atomic E-state index is 0.00490. The monoisotopic (exact) mass is 546 g/mol. The van der Waals surface area contributed by atoms with Gasteiger partial charge in [0, 0.05) is 23.4 Å². The van der Waals surface area contributed by atoms with Gasteiger partial charge in [0.15, 0.2) is 9.84 Å². The highest BCUT2D eigenvalue weighted by Crippen LogP contribution is 2.29. The summed E-state index contributed by atoms with van der Waals surface area (Å²) < 4.78 is 25.6. The Morgan fingerprint density at radius 3 is 2.47 bits per heavy atom. The van der Waals surface area contributed by atoms with Crippen molar-refractivity contribution in [2.75, 3.05) is 11.5 Å². The van der Waals surface area contributed by atoms with E-state index in [1.807, 2.05) is 66.9 Å². The van der Waals surface area contributed by atoms with Crippen LogP contribution in [0.25, 0.3) is 22.3 Å². The Labute approximate surface area is 224 Å². The smallest absolute Gasteiger partial charge is 0.268 e. The fraction of sp³-hybridized carbons (Fsp3) is 0.179. The summed E-state index contributed by atoms with van der Waals surface area (Å²) >= 11 is 1.51. The average molecular weight is 547 g/mol. The van der Waals surface area contributed by atoms with Crippen LogP contribution < -0.4 is 10.6 Å². The zero-order valence-electron chi connectivity index (χ0n) is 20.6. The maximum atomic E-state index is 13.4. The Morgan fingerprint density at radius 2 is 1.82 bits per heavy atom. The van der Waals surface area contributed by atoms with Gasteiger partial charge in [0.05, 0.1) is 22.1 Å². The van der Waals surface area contributed by atoms with Gasteiger partial charge in [-0.25, -0.2) is 13.1 Å². The summed E-state index contributed by atoms with van der Waals surface area (Å²) in [5, 5.41) is 12.2. The van der Waals surface area contributed by atoms with Gasteiger partial charge in [-0.1, -0.05) is 42.0 Å². The number of aryl methyl sites for hydroxylation is 1. The van der Waals surface area contributed by atoms with Crippen LogP contribution in [-0.4, -0.2) is 47.6 Å². The van der Waals surface area contributed by atoms with Crippen molar-refractivity contribution in [2.24, 2.45) is 0 Å². The molecule has 2 amide bonds. The molecule has 4 aromatic rings. The number of carbonyl (C=O) groups is 2. The second kappa shape index (κ2) is 10.8. The number of carbonyl (C=O) groups excluding carboxylic acids is 2. The summed E-state index contributed by atoms with van der Waals surface area (Å²) in [7, 11) is -3.19. The number of rotatable bonds is 7. The van der Waals surface area contributed by atoms with Gasteiger partial charge >= 0.3 is 0 Å². The molecule has 0 bridgehead atoms. The first-order valence-corrected chi connectivity index (χ1v) is 14.8. The molecule has 194 valence electrons.